The first-order chi connectivity index (χ1) is 11.6. The Morgan fingerprint density at radius 2 is 2.08 bits per heavy atom. The standard InChI is InChI=1S/C14H14N6O3S/c21-11(2-1-7-20-12(22)8-24-14(20)23)15-10-5-3-9(4-6-10)13-16-18-19-17-13/h3-6H,1-2,7-8H2,(H,15,21)(H,16,17,18,19). The predicted octanol–water partition coefficient (Wildman–Crippen LogP) is 1.28. The number of tetrazole rings is 1. The summed E-state index contributed by atoms with van der Waals surface area (Å²) in [5.74, 6) is 0.377. The van der Waals surface area contributed by atoms with Gasteiger partial charge in [0.15, 0.2) is 5.82 Å². The van der Waals surface area contributed by atoms with E-state index in [1.807, 2.05) is 0 Å². The molecule has 1 aliphatic rings. The third-order valence-corrected chi connectivity index (χ3v) is 4.27. The maximum absolute atomic E-state index is 11.9. The summed E-state index contributed by atoms with van der Waals surface area (Å²) in [6.07, 6.45) is 0.668. The molecule has 0 bridgehead atoms. The van der Waals surface area contributed by atoms with Crippen molar-refractivity contribution in [2.45, 2.75) is 12.8 Å². The Morgan fingerprint density at radius 1 is 1.29 bits per heavy atom. The van der Waals surface area contributed by atoms with Crippen LogP contribution in [0.25, 0.3) is 11.4 Å². The molecule has 9 nitrogen and oxygen atoms in total. The lowest BCUT2D eigenvalue weighted by atomic mass is 10.2. The first kappa shape index (κ1) is 16.1. The van der Waals surface area contributed by atoms with Crippen molar-refractivity contribution in [1.29, 1.82) is 0 Å². The van der Waals surface area contributed by atoms with E-state index in [-0.39, 0.29) is 35.8 Å². The number of benzene rings is 1. The molecular formula is C14H14N6O3S. The van der Waals surface area contributed by atoms with Gasteiger partial charge in [0, 0.05) is 24.2 Å². The van der Waals surface area contributed by atoms with Gasteiger partial charge in [-0.25, -0.2) is 5.10 Å². The van der Waals surface area contributed by atoms with Gasteiger partial charge in [-0.15, -0.1) is 5.10 Å². The van der Waals surface area contributed by atoms with E-state index in [0.29, 0.717) is 17.9 Å². The van der Waals surface area contributed by atoms with Crippen LogP contribution < -0.4 is 5.32 Å². The van der Waals surface area contributed by atoms with E-state index in [9.17, 15) is 14.4 Å². The summed E-state index contributed by atoms with van der Waals surface area (Å²) < 4.78 is 0. The normalized spacial score (nSPS) is 14.2. The molecule has 124 valence electrons. The highest BCUT2D eigenvalue weighted by atomic mass is 32.2. The average molecular weight is 346 g/mol. The fourth-order valence-electron chi connectivity index (χ4n) is 2.21. The number of carbonyl (C=O) groups is 3. The summed E-state index contributed by atoms with van der Waals surface area (Å²) in [4.78, 5) is 36.0. The summed E-state index contributed by atoms with van der Waals surface area (Å²) in [5.41, 5.74) is 1.46. The zero-order valence-corrected chi connectivity index (χ0v) is 13.4. The number of anilines is 1. The van der Waals surface area contributed by atoms with Crippen molar-refractivity contribution in [3.8, 4) is 11.4 Å². The Morgan fingerprint density at radius 3 is 2.71 bits per heavy atom. The molecule has 0 aliphatic carbocycles. The first-order valence-electron chi connectivity index (χ1n) is 7.24. The number of amides is 3. The van der Waals surface area contributed by atoms with E-state index in [1.54, 1.807) is 24.3 Å². The highest BCUT2D eigenvalue weighted by molar-refractivity contribution is 8.14. The van der Waals surface area contributed by atoms with Crippen LogP contribution in [0.3, 0.4) is 0 Å². The molecule has 0 saturated carbocycles. The summed E-state index contributed by atoms with van der Waals surface area (Å²) >= 11 is 0.995. The van der Waals surface area contributed by atoms with Gasteiger partial charge in [-0.2, -0.15) is 0 Å². The zero-order chi connectivity index (χ0) is 16.9. The van der Waals surface area contributed by atoms with Gasteiger partial charge in [0.2, 0.25) is 11.8 Å². The lowest BCUT2D eigenvalue weighted by Crippen LogP contribution is -2.30. The zero-order valence-electron chi connectivity index (χ0n) is 12.6. The molecule has 0 spiro atoms. The number of rotatable bonds is 6. The SMILES string of the molecule is O=C(CCCN1C(=O)CSC1=O)Nc1ccc(-c2nnn[nH]2)cc1. The average Bonchev–Trinajstić information content (AvgIpc) is 3.21. The number of aromatic amines is 1. The third kappa shape index (κ3) is 3.77. The van der Waals surface area contributed by atoms with Crippen LogP contribution in [0, 0.1) is 0 Å². The molecule has 1 aliphatic heterocycles. The van der Waals surface area contributed by atoms with Crippen molar-refractivity contribution in [3.63, 3.8) is 0 Å². The number of imide groups is 1. The molecule has 10 heteroatoms. The third-order valence-electron chi connectivity index (χ3n) is 3.41. The van der Waals surface area contributed by atoms with Crippen molar-refractivity contribution < 1.29 is 14.4 Å². The van der Waals surface area contributed by atoms with Crippen molar-refractivity contribution in [2.75, 3.05) is 17.6 Å². The minimum absolute atomic E-state index is 0.171. The monoisotopic (exact) mass is 346 g/mol. The maximum Gasteiger partial charge on any atom is 0.288 e. The molecule has 2 heterocycles. The predicted molar refractivity (Wildman–Crippen MR) is 87.0 cm³/mol. The van der Waals surface area contributed by atoms with E-state index >= 15 is 0 Å². The Bertz CT molecular complexity index is 730. The second-order valence-corrected chi connectivity index (χ2v) is 6.01. The van der Waals surface area contributed by atoms with Gasteiger partial charge < -0.3 is 5.32 Å². The fourth-order valence-corrected chi connectivity index (χ4v) is 2.96. The summed E-state index contributed by atoms with van der Waals surface area (Å²) in [5, 5.41) is 16.0. The van der Waals surface area contributed by atoms with Crippen molar-refractivity contribution >= 4 is 34.5 Å². The lowest BCUT2D eigenvalue weighted by molar-refractivity contribution is -0.125. The van der Waals surface area contributed by atoms with Gasteiger partial charge in [0.1, 0.15) is 0 Å². The molecule has 1 aromatic heterocycles. The topological polar surface area (TPSA) is 121 Å². The number of nitrogens with one attached hydrogen (secondary N) is 2. The maximum atomic E-state index is 11.9. The highest BCUT2D eigenvalue weighted by Crippen LogP contribution is 2.19. The molecule has 0 unspecified atom stereocenters. The number of hydrogen-bond acceptors (Lipinski definition) is 7. The van der Waals surface area contributed by atoms with E-state index in [4.69, 9.17) is 0 Å². The first-order valence-corrected chi connectivity index (χ1v) is 8.23. The molecule has 2 aromatic rings. The van der Waals surface area contributed by atoms with Crippen LogP contribution in [-0.4, -0.2) is 54.9 Å². The summed E-state index contributed by atoms with van der Waals surface area (Å²) in [6, 6.07) is 7.08. The van der Waals surface area contributed by atoms with E-state index < -0.39 is 0 Å². The Balaban J connectivity index is 1.46. The van der Waals surface area contributed by atoms with E-state index in [1.165, 1.54) is 4.90 Å². The number of aromatic nitrogens is 4. The molecule has 3 amide bonds. The minimum Gasteiger partial charge on any atom is -0.326 e. The molecule has 1 aromatic carbocycles. The van der Waals surface area contributed by atoms with Crippen LogP contribution in [-0.2, 0) is 9.59 Å². The summed E-state index contributed by atoms with van der Waals surface area (Å²) in [7, 11) is 0. The molecule has 2 N–H and O–H groups in total. The van der Waals surface area contributed by atoms with Crippen LogP contribution in [0.5, 0.6) is 0 Å². The quantitative estimate of drug-likeness (QED) is 0.808. The van der Waals surface area contributed by atoms with Gasteiger partial charge in [-0.1, -0.05) is 11.8 Å². The minimum atomic E-state index is -0.238. The van der Waals surface area contributed by atoms with Crippen molar-refractivity contribution in [1.82, 2.24) is 25.5 Å². The number of nitrogens with zero attached hydrogens (tertiary/aromatic N) is 4. The van der Waals surface area contributed by atoms with Crippen molar-refractivity contribution in [2.24, 2.45) is 0 Å². The van der Waals surface area contributed by atoms with Crippen LogP contribution >= 0.6 is 11.8 Å². The number of hydrogen-bond donors (Lipinski definition) is 2. The van der Waals surface area contributed by atoms with E-state index in [2.05, 4.69) is 25.9 Å². The molecule has 3 rings (SSSR count). The van der Waals surface area contributed by atoms with Crippen LogP contribution in [0.2, 0.25) is 0 Å². The Kier molecular flexibility index (Phi) is 4.85. The second kappa shape index (κ2) is 7.21. The van der Waals surface area contributed by atoms with Gasteiger partial charge >= 0.3 is 0 Å². The molecule has 1 fully saturated rings. The van der Waals surface area contributed by atoms with Crippen molar-refractivity contribution in [3.05, 3.63) is 24.3 Å². The Hall–Kier alpha value is -2.75. The van der Waals surface area contributed by atoms with Crippen LogP contribution in [0.4, 0.5) is 10.5 Å². The number of carbonyl (C=O) groups excluding carboxylic acids is 3. The molecular weight excluding hydrogens is 332 g/mol. The molecule has 0 radical (unpaired) electrons. The molecule has 24 heavy (non-hydrogen) atoms. The number of thioether (sulfide) groups is 1. The largest absolute Gasteiger partial charge is 0.326 e. The van der Waals surface area contributed by atoms with Gasteiger partial charge in [0.05, 0.1) is 5.75 Å². The smallest absolute Gasteiger partial charge is 0.288 e. The fraction of sp³-hybridized carbons (Fsp3) is 0.286. The molecule has 1 saturated heterocycles. The van der Waals surface area contributed by atoms with Gasteiger partial charge in [-0.3, -0.25) is 19.3 Å². The summed E-state index contributed by atoms with van der Waals surface area (Å²) in [6.45, 7) is 0.273. The second-order valence-electron chi connectivity index (χ2n) is 5.08. The van der Waals surface area contributed by atoms with Gasteiger partial charge in [0.25, 0.3) is 5.24 Å². The van der Waals surface area contributed by atoms with Gasteiger partial charge in [-0.05, 0) is 41.1 Å². The highest BCUT2D eigenvalue weighted by Gasteiger charge is 2.29. The number of H-pyrrole nitrogens is 1. The van der Waals surface area contributed by atoms with E-state index in [0.717, 1.165) is 17.3 Å². The lowest BCUT2D eigenvalue weighted by Gasteiger charge is -2.12. The Labute approximate surface area is 141 Å². The van der Waals surface area contributed by atoms with Crippen LogP contribution in [0.15, 0.2) is 24.3 Å². The molecule has 0 atom stereocenters. The van der Waals surface area contributed by atoms with Crippen LogP contribution in [0.1, 0.15) is 12.8 Å².